The van der Waals surface area contributed by atoms with Crippen molar-refractivity contribution in [2.45, 2.75) is 32.4 Å². The fourth-order valence-electron chi connectivity index (χ4n) is 2.45. The maximum Gasteiger partial charge on any atom is 0.346 e. The van der Waals surface area contributed by atoms with Crippen molar-refractivity contribution in [2.75, 3.05) is 12.3 Å². The van der Waals surface area contributed by atoms with Crippen molar-refractivity contribution < 1.29 is 4.74 Å². The summed E-state index contributed by atoms with van der Waals surface area (Å²) in [5.41, 5.74) is 6.36. The summed E-state index contributed by atoms with van der Waals surface area (Å²) in [5.74, 6) is 1.53. The molecule has 1 aliphatic rings. The van der Waals surface area contributed by atoms with Gasteiger partial charge in [0.05, 0.1) is 12.2 Å². The lowest BCUT2D eigenvalue weighted by atomic mass is 10.2. The minimum atomic E-state index is -0.0377. The van der Waals surface area contributed by atoms with Crippen LogP contribution in [0.25, 0.3) is 0 Å². The zero-order valence-electron chi connectivity index (χ0n) is 11.3. The summed E-state index contributed by atoms with van der Waals surface area (Å²) in [5, 5.41) is 4.36. The lowest BCUT2D eigenvalue weighted by Gasteiger charge is -2.09. The molecule has 6 nitrogen and oxygen atoms in total. The highest BCUT2D eigenvalue weighted by Crippen LogP contribution is 2.19. The van der Waals surface area contributed by atoms with E-state index >= 15 is 0 Å². The minimum Gasteiger partial charge on any atom is -0.489 e. The van der Waals surface area contributed by atoms with E-state index in [1.54, 1.807) is 10.6 Å². The number of rotatable bonds is 4. The number of para-hydroxylation sites is 2. The van der Waals surface area contributed by atoms with Gasteiger partial charge in [-0.3, -0.25) is 4.57 Å². The van der Waals surface area contributed by atoms with Gasteiger partial charge < -0.3 is 10.5 Å². The average molecular weight is 274 g/mol. The van der Waals surface area contributed by atoms with E-state index in [0.29, 0.717) is 24.6 Å². The average Bonchev–Trinajstić information content (AvgIpc) is 2.78. The van der Waals surface area contributed by atoms with Crippen LogP contribution in [0.4, 0.5) is 5.69 Å². The van der Waals surface area contributed by atoms with Gasteiger partial charge in [0.2, 0.25) is 0 Å². The van der Waals surface area contributed by atoms with Gasteiger partial charge in [-0.15, -0.1) is 0 Å². The van der Waals surface area contributed by atoms with Crippen molar-refractivity contribution in [3.63, 3.8) is 0 Å². The maximum absolute atomic E-state index is 12.1. The summed E-state index contributed by atoms with van der Waals surface area (Å²) in [6.45, 7) is 1.60. The number of benzene rings is 1. The predicted molar refractivity (Wildman–Crippen MR) is 75.8 cm³/mol. The zero-order chi connectivity index (χ0) is 13.9. The van der Waals surface area contributed by atoms with Gasteiger partial charge in [-0.1, -0.05) is 12.1 Å². The van der Waals surface area contributed by atoms with E-state index in [1.807, 2.05) is 18.2 Å². The van der Waals surface area contributed by atoms with Crippen LogP contribution in [0.3, 0.4) is 0 Å². The molecule has 3 rings (SSSR count). The highest BCUT2D eigenvalue weighted by atomic mass is 16.5. The molecule has 0 aliphatic carbocycles. The second kappa shape index (κ2) is 5.40. The molecule has 106 valence electrons. The van der Waals surface area contributed by atoms with Crippen LogP contribution in [-0.2, 0) is 19.5 Å². The molecular weight excluding hydrogens is 256 g/mol. The second-order valence-electron chi connectivity index (χ2n) is 4.92. The SMILES string of the molecule is Nc1ccccc1OCCn1nc2n(c1=O)CCCC2. The fourth-order valence-corrected chi connectivity index (χ4v) is 2.45. The van der Waals surface area contributed by atoms with Crippen LogP contribution in [0.1, 0.15) is 18.7 Å². The van der Waals surface area contributed by atoms with E-state index in [0.717, 1.165) is 31.6 Å². The Morgan fingerprint density at radius 3 is 2.95 bits per heavy atom. The van der Waals surface area contributed by atoms with Crippen LogP contribution >= 0.6 is 0 Å². The Morgan fingerprint density at radius 1 is 1.30 bits per heavy atom. The van der Waals surface area contributed by atoms with Gasteiger partial charge in [0.25, 0.3) is 0 Å². The quantitative estimate of drug-likeness (QED) is 0.845. The highest BCUT2D eigenvalue weighted by molar-refractivity contribution is 5.51. The number of nitrogen functional groups attached to an aromatic ring is 1. The van der Waals surface area contributed by atoms with Gasteiger partial charge in [0.1, 0.15) is 18.2 Å². The van der Waals surface area contributed by atoms with Crippen LogP contribution in [0.2, 0.25) is 0 Å². The minimum absolute atomic E-state index is 0.0377. The molecule has 0 fully saturated rings. The first-order valence-corrected chi connectivity index (χ1v) is 6.89. The molecular formula is C14H18N4O2. The Bertz CT molecular complexity index is 659. The Hall–Kier alpha value is -2.24. The van der Waals surface area contributed by atoms with Crippen molar-refractivity contribution in [1.29, 1.82) is 0 Å². The van der Waals surface area contributed by atoms with E-state index in [2.05, 4.69) is 5.10 Å². The first-order chi connectivity index (χ1) is 9.75. The first kappa shape index (κ1) is 12.8. The molecule has 0 saturated heterocycles. The summed E-state index contributed by atoms with van der Waals surface area (Å²) < 4.78 is 8.84. The molecule has 0 amide bonds. The number of aromatic nitrogens is 3. The van der Waals surface area contributed by atoms with Crippen molar-refractivity contribution >= 4 is 5.69 Å². The third-order valence-corrected chi connectivity index (χ3v) is 3.51. The smallest absolute Gasteiger partial charge is 0.346 e. The topological polar surface area (TPSA) is 75.1 Å². The van der Waals surface area contributed by atoms with Crippen molar-refractivity contribution in [1.82, 2.24) is 14.3 Å². The molecule has 2 aromatic rings. The molecule has 0 atom stereocenters. The van der Waals surface area contributed by atoms with Crippen LogP contribution in [0.5, 0.6) is 5.75 Å². The normalized spacial score (nSPS) is 14.0. The monoisotopic (exact) mass is 274 g/mol. The van der Waals surface area contributed by atoms with E-state index in [9.17, 15) is 4.79 Å². The number of hydrogen-bond donors (Lipinski definition) is 1. The van der Waals surface area contributed by atoms with Gasteiger partial charge >= 0.3 is 5.69 Å². The number of aryl methyl sites for hydroxylation is 1. The Morgan fingerprint density at radius 2 is 2.15 bits per heavy atom. The van der Waals surface area contributed by atoms with Gasteiger partial charge in [-0.2, -0.15) is 5.10 Å². The van der Waals surface area contributed by atoms with Crippen LogP contribution in [0, 0.1) is 0 Å². The van der Waals surface area contributed by atoms with Crippen LogP contribution in [-0.4, -0.2) is 21.0 Å². The lowest BCUT2D eigenvalue weighted by Crippen LogP contribution is -2.28. The van der Waals surface area contributed by atoms with Gasteiger partial charge in [0.15, 0.2) is 0 Å². The molecule has 2 N–H and O–H groups in total. The van der Waals surface area contributed by atoms with Gasteiger partial charge in [0, 0.05) is 13.0 Å². The van der Waals surface area contributed by atoms with Crippen molar-refractivity contribution in [2.24, 2.45) is 0 Å². The van der Waals surface area contributed by atoms with E-state index < -0.39 is 0 Å². The summed E-state index contributed by atoms with van der Waals surface area (Å²) >= 11 is 0. The van der Waals surface area contributed by atoms with Gasteiger partial charge in [-0.05, 0) is 25.0 Å². The molecule has 6 heteroatoms. The van der Waals surface area contributed by atoms with E-state index in [-0.39, 0.29) is 5.69 Å². The standard InChI is InChI=1S/C14H18N4O2/c15-11-5-1-2-6-12(11)20-10-9-18-14(19)17-8-4-3-7-13(17)16-18/h1-2,5-6H,3-4,7-10,15H2. The number of ether oxygens (including phenoxy) is 1. The first-order valence-electron chi connectivity index (χ1n) is 6.89. The number of nitrogens with zero attached hydrogens (tertiary/aromatic N) is 3. The molecule has 0 bridgehead atoms. The molecule has 0 saturated carbocycles. The maximum atomic E-state index is 12.1. The van der Waals surface area contributed by atoms with Crippen LogP contribution in [0.15, 0.2) is 29.1 Å². The molecule has 1 aromatic heterocycles. The Balaban J connectivity index is 1.66. The largest absolute Gasteiger partial charge is 0.489 e. The predicted octanol–water partition coefficient (Wildman–Crippen LogP) is 1.04. The zero-order valence-corrected chi connectivity index (χ0v) is 11.3. The molecule has 1 aromatic carbocycles. The third kappa shape index (κ3) is 2.41. The lowest BCUT2D eigenvalue weighted by molar-refractivity contribution is 0.289. The number of fused-ring (bicyclic) bond motifs is 1. The summed E-state index contributed by atoms with van der Waals surface area (Å²) in [7, 11) is 0. The molecule has 0 unspecified atom stereocenters. The second-order valence-corrected chi connectivity index (χ2v) is 4.92. The number of hydrogen-bond acceptors (Lipinski definition) is 4. The summed E-state index contributed by atoms with van der Waals surface area (Å²) in [6.07, 6.45) is 3.04. The van der Waals surface area contributed by atoms with E-state index in [1.165, 1.54) is 4.68 Å². The van der Waals surface area contributed by atoms with E-state index in [4.69, 9.17) is 10.5 Å². The Kier molecular flexibility index (Phi) is 3.45. The molecule has 0 radical (unpaired) electrons. The highest BCUT2D eigenvalue weighted by Gasteiger charge is 2.16. The number of nitrogens with two attached hydrogens (primary N) is 1. The summed E-state index contributed by atoms with van der Waals surface area (Å²) in [4.78, 5) is 12.1. The third-order valence-electron chi connectivity index (χ3n) is 3.51. The molecule has 1 aliphatic heterocycles. The van der Waals surface area contributed by atoms with Crippen molar-refractivity contribution in [3.05, 3.63) is 40.6 Å². The molecule has 2 heterocycles. The van der Waals surface area contributed by atoms with Crippen molar-refractivity contribution in [3.8, 4) is 5.75 Å². The summed E-state index contributed by atoms with van der Waals surface area (Å²) in [6, 6.07) is 7.33. The fraction of sp³-hybridized carbons (Fsp3) is 0.429. The Labute approximate surface area is 116 Å². The van der Waals surface area contributed by atoms with Gasteiger partial charge in [-0.25, -0.2) is 9.48 Å². The molecule has 0 spiro atoms. The van der Waals surface area contributed by atoms with Crippen LogP contribution < -0.4 is 16.2 Å². The molecule has 20 heavy (non-hydrogen) atoms. The number of anilines is 1.